The van der Waals surface area contributed by atoms with Gasteiger partial charge in [0.25, 0.3) is 0 Å². The standard InChI is InChI=1S/C18H12O3/c19-15-9-17(21-15)10-18(17)13-7-3-1-5-11(13)16(20)12-6-2-4-8-14(12)18/h1-8H,9-10H2/t17-/m0/s1. The molecule has 3 aliphatic rings. The molecule has 0 N–H and O–H groups in total. The van der Waals surface area contributed by atoms with Gasteiger partial charge in [-0.15, -0.1) is 0 Å². The van der Waals surface area contributed by atoms with Crippen molar-refractivity contribution in [3.8, 4) is 0 Å². The lowest BCUT2D eigenvalue weighted by Crippen LogP contribution is -2.44. The van der Waals surface area contributed by atoms with Gasteiger partial charge < -0.3 is 4.74 Å². The highest BCUT2D eigenvalue weighted by atomic mass is 16.6. The van der Waals surface area contributed by atoms with E-state index in [1.807, 2.05) is 48.5 Å². The van der Waals surface area contributed by atoms with Crippen LogP contribution >= 0.6 is 0 Å². The van der Waals surface area contributed by atoms with Crippen LogP contribution in [0.4, 0.5) is 0 Å². The van der Waals surface area contributed by atoms with Gasteiger partial charge in [-0.1, -0.05) is 48.5 Å². The van der Waals surface area contributed by atoms with Crippen LogP contribution in [0, 0.1) is 0 Å². The summed E-state index contributed by atoms with van der Waals surface area (Å²) < 4.78 is 5.53. The molecule has 1 atom stereocenters. The number of carbonyl (C=O) groups is 2. The molecule has 0 amide bonds. The van der Waals surface area contributed by atoms with Crippen molar-refractivity contribution in [2.45, 2.75) is 23.9 Å². The molecule has 102 valence electrons. The quantitative estimate of drug-likeness (QED) is 0.695. The molecule has 1 heterocycles. The highest BCUT2D eigenvalue weighted by Crippen LogP contribution is 2.71. The van der Waals surface area contributed by atoms with Gasteiger partial charge in [0.1, 0.15) is 5.60 Å². The smallest absolute Gasteiger partial charge is 0.310 e. The summed E-state index contributed by atoms with van der Waals surface area (Å²) >= 11 is 0. The number of fused-ring (bicyclic) bond motifs is 5. The van der Waals surface area contributed by atoms with Crippen molar-refractivity contribution in [3.63, 3.8) is 0 Å². The molecular formula is C18H12O3. The third-order valence-electron chi connectivity index (χ3n) is 5.21. The van der Waals surface area contributed by atoms with Gasteiger partial charge in [-0.05, 0) is 11.1 Å². The first-order valence-electron chi connectivity index (χ1n) is 7.14. The Morgan fingerprint density at radius 1 is 0.857 bits per heavy atom. The van der Waals surface area contributed by atoms with Crippen molar-refractivity contribution in [1.82, 2.24) is 0 Å². The molecule has 2 aromatic carbocycles. The molecule has 0 bridgehead atoms. The summed E-state index contributed by atoms with van der Waals surface area (Å²) in [6, 6.07) is 15.4. The average molecular weight is 276 g/mol. The van der Waals surface area contributed by atoms with Gasteiger partial charge >= 0.3 is 5.97 Å². The lowest BCUT2D eigenvalue weighted by Gasteiger charge is -2.36. The first kappa shape index (κ1) is 11.3. The van der Waals surface area contributed by atoms with Crippen LogP contribution in [0.3, 0.4) is 0 Å². The maximum absolute atomic E-state index is 12.7. The number of hydrogen-bond acceptors (Lipinski definition) is 3. The zero-order chi connectivity index (χ0) is 14.2. The largest absolute Gasteiger partial charge is 0.457 e. The van der Waals surface area contributed by atoms with E-state index in [2.05, 4.69) is 0 Å². The van der Waals surface area contributed by atoms with E-state index in [4.69, 9.17) is 4.74 Å². The fourth-order valence-corrected chi connectivity index (χ4v) is 4.24. The van der Waals surface area contributed by atoms with Crippen molar-refractivity contribution in [1.29, 1.82) is 0 Å². The molecule has 2 aliphatic carbocycles. The Balaban J connectivity index is 1.83. The maximum Gasteiger partial charge on any atom is 0.310 e. The van der Waals surface area contributed by atoms with Gasteiger partial charge in [-0.2, -0.15) is 0 Å². The van der Waals surface area contributed by atoms with Crippen LogP contribution in [-0.4, -0.2) is 17.4 Å². The zero-order valence-electron chi connectivity index (χ0n) is 11.3. The minimum absolute atomic E-state index is 0.0690. The van der Waals surface area contributed by atoms with Crippen LogP contribution in [0.1, 0.15) is 39.9 Å². The second-order valence-corrected chi connectivity index (χ2v) is 6.15. The molecular weight excluding hydrogens is 264 g/mol. The molecule has 2 spiro atoms. The summed E-state index contributed by atoms with van der Waals surface area (Å²) in [4.78, 5) is 24.1. The monoisotopic (exact) mass is 276 g/mol. The Morgan fingerprint density at radius 2 is 1.38 bits per heavy atom. The van der Waals surface area contributed by atoms with E-state index in [9.17, 15) is 9.59 Å². The van der Waals surface area contributed by atoms with Crippen molar-refractivity contribution in [2.75, 3.05) is 0 Å². The van der Waals surface area contributed by atoms with Gasteiger partial charge in [0, 0.05) is 17.5 Å². The van der Waals surface area contributed by atoms with Gasteiger partial charge in [0.2, 0.25) is 0 Å². The third-order valence-corrected chi connectivity index (χ3v) is 5.21. The average Bonchev–Trinajstić information content (AvgIpc) is 3.16. The van der Waals surface area contributed by atoms with Crippen LogP contribution in [0.25, 0.3) is 0 Å². The molecule has 0 unspecified atom stereocenters. The van der Waals surface area contributed by atoms with E-state index in [0.717, 1.165) is 28.7 Å². The number of ketones is 1. The Labute approximate surface area is 121 Å². The Morgan fingerprint density at radius 3 is 1.90 bits per heavy atom. The minimum atomic E-state index is -0.420. The van der Waals surface area contributed by atoms with E-state index in [1.54, 1.807) is 0 Å². The summed E-state index contributed by atoms with van der Waals surface area (Å²) in [7, 11) is 0. The lowest BCUT2D eigenvalue weighted by molar-refractivity contribution is -0.176. The van der Waals surface area contributed by atoms with E-state index >= 15 is 0 Å². The van der Waals surface area contributed by atoms with Crippen LogP contribution in [0.2, 0.25) is 0 Å². The number of rotatable bonds is 0. The first-order valence-corrected chi connectivity index (χ1v) is 7.14. The molecule has 1 saturated carbocycles. The number of carbonyl (C=O) groups excluding carboxylic acids is 2. The van der Waals surface area contributed by atoms with Crippen LogP contribution < -0.4 is 0 Å². The molecule has 2 fully saturated rings. The molecule has 2 aromatic rings. The fraction of sp³-hybridized carbons (Fsp3) is 0.222. The molecule has 0 aromatic heterocycles. The Hall–Kier alpha value is -2.42. The van der Waals surface area contributed by atoms with Crippen molar-refractivity contribution in [2.24, 2.45) is 0 Å². The minimum Gasteiger partial charge on any atom is -0.457 e. The normalized spacial score (nSPS) is 26.9. The third kappa shape index (κ3) is 1.09. The highest BCUT2D eigenvalue weighted by Gasteiger charge is 2.78. The number of ether oxygens (including phenoxy) is 1. The second-order valence-electron chi connectivity index (χ2n) is 6.15. The summed E-state index contributed by atoms with van der Waals surface area (Å²) in [5, 5.41) is 0. The molecule has 5 rings (SSSR count). The van der Waals surface area contributed by atoms with Gasteiger partial charge in [-0.25, -0.2) is 0 Å². The molecule has 3 heteroatoms. The summed E-state index contributed by atoms with van der Waals surface area (Å²) in [6.45, 7) is 0. The van der Waals surface area contributed by atoms with Crippen molar-refractivity contribution in [3.05, 3.63) is 70.8 Å². The predicted molar refractivity (Wildman–Crippen MR) is 75.2 cm³/mol. The Bertz CT molecular complexity index is 776. The van der Waals surface area contributed by atoms with E-state index in [0.29, 0.717) is 6.42 Å². The predicted octanol–water partition coefficient (Wildman–Crippen LogP) is 2.61. The number of hydrogen-bond donors (Lipinski definition) is 0. The summed E-state index contributed by atoms with van der Waals surface area (Å²) in [6.07, 6.45) is 1.23. The van der Waals surface area contributed by atoms with Crippen LogP contribution in [0.5, 0.6) is 0 Å². The summed E-state index contributed by atoms with van der Waals surface area (Å²) in [5.74, 6) is -0.0711. The first-order chi connectivity index (χ1) is 10.2. The van der Waals surface area contributed by atoms with Crippen LogP contribution in [-0.2, 0) is 14.9 Å². The fourth-order valence-electron chi connectivity index (χ4n) is 4.24. The molecule has 1 saturated heterocycles. The number of esters is 1. The Kier molecular flexibility index (Phi) is 1.74. The number of benzene rings is 2. The van der Waals surface area contributed by atoms with E-state index in [-0.39, 0.29) is 17.2 Å². The van der Waals surface area contributed by atoms with Gasteiger partial charge in [0.05, 0.1) is 11.8 Å². The van der Waals surface area contributed by atoms with E-state index < -0.39 is 5.60 Å². The molecule has 3 nitrogen and oxygen atoms in total. The molecule has 0 radical (unpaired) electrons. The SMILES string of the molecule is O=C1C[C@@]2(CC23c2ccccc2C(=O)c2ccccc23)O1. The highest BCUT2D eigenvalue weighted by molar-refractivity contribution is 6.14. The van der Waals surface area contributed by atoms with Crippen molar-refractivity contribution < 1.29 is 14.3 Å². The topological polar surface area (TPSA) is 43.4 Å². The molecule has 1 aliphatic heterocycles. The summed E-state index contributed by atoms with van der Waals surface area (Å²) in [5.41, 5.74) is 2.79. The van der Waals surface area contributed by atoms with Crippen molar-refractivity contribution >= 4 is 11.8 Å². The van der Waals surface area contributed by atoms with Gasteiger partial charge in [0.15, 0.2) is 5.78 Å². The zero-order valence-corrected chi connectivity index (χ0v) is 11.3. The lowest BCUT2D eigenvalue weighted by atomic mass is 9.72. The van der Waals surface area contributed by atoms with Crippen LogP contribution in [0.15, 0.2) is 48.5 Å². The maximum atomic E-state index is 12.7. The molecule has 21 heavy (non-hydrogen) atoms. The van der Waals surface area contributed by atoms with Gasteiger partial charge in [-0.3, -0.25) is 9.59 Å². The van der Waals surface area contributed by atoms with E-state index in [1.165, 1.54) is 0 Å². The second kappa shape index (κ2) is 3.25.